The number of hydrogen-bond acceptors (Lipinski definition) is 3. The van der Waals surface area contributed by atoms with E-state index in [4.69, 9.17) is 11.6 Å². The maximum Gasteiger partial charge on any atom is 0.0342 e. The molecule has 0 aromatic rings. The molecule has 0 bridgehead atoms. The van der Waals surface area contributed by atoms with Crippen LogP contribution in [-0.4, -0.2) is 11.6 Å². The zero-order chi connectivity index (χ0) is 15.1. The van der Waals surface area contributed by atoms with E-state index in [-0.39, 0.29) is 0 Å². The molecule has 0 saturated carbocycles. The zero-order valence-corrected chi connectivity index (χ0v) is 13.3. The first-order valence-electron chi connectivity index (χ1n) is 7.53. The fraction of sp³-hybridized carbons (Fsp3) is 0.750. The summed E-state index contributed by atoms with van der Waals surface area (Å²) in [6.45, 7) is 13.6. The van der Waals surface area contributed by atoms with E-state index in [1.165, 1.54) is 32.1 Å². The van der Waals surface area contributed by atoms with Crippen molar-refractivity contribution < 1.29 is 0 Å². The minimum Gasteiger partial charge on any atom is -0.401 e. The molecule has 4 N–H and O–H groups in total. The van der Waals surface area contributed by atoms with Gasteiger partial charge < -0.3 is 10.7 Å². The summed E-state index contributed by atoms with van der Waals surface area (Å²) in [5.41, 5.74) is 6.85. The number of nitrogens with two attached hydrogens (primary N) is 2. The molecule has 0 aliphatic rings. The summed E-state index contributed by atoms with van der Waals surface area (Å²) in [6.07, 6.45) is 10.2. The van der Waals surface area contributed by atoms with Gasteiger partial charge in [0.05, 0.1) is 0 Å². The van der Waals surface area contributed by atoms with Gasteiger partial charge in [0.25, 0.3) is 0 Å². The second-order valence-electron chi connectivity index (χ2n) is 5.29. The lowest BCUT2D eigenvalue weighted by Gasteiger charge is -2.14. The number of hydrazine groups is 1. The fourth-order valence-electron chi connectivity index (χ4n) is 1.77. The summed E-state index contributed by atoms with van der Waals surface area (Å²) < 4.78 is 0. The smallest absolute Gasteiger partial charge is 0.0342 e. The van der Waals surface area contributed by atoms with E-state index in [9.17, 15) is 0 Å². The normalized spacial score (nSPS) is 11.1. The molecular formula is C16H35N3. The highest BCUT2D eigenvalue weighted by Gasteiger charge is 1.98. The van der Waals surface area contributed by atoms with Crippen molar-refractivity contribution in [3.63, 3.8) is 0 Å². The SMILES string of the molecule is C=C.CCCCCN(N)/C=C(\N)CCCCC(C)C. The molecule has 0 spiro atoms. The highest BCUT2D eigenvalue weighted by Crippen LogP contribution is 2.10. The molecule has 3 nitrogen and oxygen atoms in total. The number of hydrogen-bond donors (Lipinski definition) is 2. The van der Waals surface area contributed by atoms with Crippen LogP contribution >= 0.6 is 0 Å². The van der Waals surface area contributed by atoms with Crippen LogP contribution in [0, 0.1) is 5.92 Å². The van der Waals surface area contributed by atoms with E-state index in [0.717, 1.165) is 31.0 Å². The van der Waals surface area contributed by atoms with Crippen molar-refractivity contribution in [2.45, 2.75) is 65.7 Å². The Morgan fingerprint density at radius 2 is 1.79 bits per heavy atom. The standard InChI is InChI=1S/C14H31N3.C2H4/c1-4-5-8-11-17(16)12-14(15)10-7-6-9-13(2)3;1-2/h12-13H,4-11,15-16H2,1-3H3;1-2H2/b14-12-;. The first-order valence-corrected chi connectivity index (χ1v) is 7.53. The van der Waals surface area contributed by atoms with E-state index < -0.39 is 0 Å². The average Bonchev–Trinajstić information content (AvgIpc) is 2.37. The molecule has 0 amide bonds. The van der Waals surface area contributed by atoms with Gasteiger partial charge >= 0.3 is 0 Å². The molecule has 0 saturated heterocycles. The van der Waals surface area contributed by atoms with E-state index in [2.05, 4.69) is 33.9 Å². The van der Waals surface area contributed by atoms with Crippen molar-refractivity contribution in [1.29, 1.82) is 0 Å². The lowest BCUT2D eigenvalue weighted by Crippen LogP contribution is -2.27. The number of unbranched alkanes of at least 4 members (excludes halogenated alkanes) is 3. The summed E-state index contributed by atoms with van der Waals surface area (Å²) in [5, 5.41) is 1.73. The minimum atomic E-state index is 0.792. The van der Waals surface area contributed by atoms with Gasteiger partial charge in [0.15, 0.2) is 0 Å². The van der Waals surface area contributed by atoms with Crippen LogP contribution in [0.1, 0.15) is 65.7 Å². The molecule has 0 fully saturated rings. The number of nitrogens with zero attached hydrogens (tertiary/aromatic N) is 1. The van der Waals surface area contributed by atoms with E-state index in [0.29, 0.717) is 0 Å². The fourth-order valence-corrected chi connectivity index (χ4v) is 1.77. The van der Waals surface area contributed by atoms with Gasteiger partial charge in [0.1, 0.15) is 0 Å². The van der Waals surface area contributed by atoms with Crippen molar-refractivity contribution in [3.05, 3.63) is 25.1 Å². The highest BCUT2D eigenvalue weighted by molar-refractivity contribution is 4.94. The molecule has 0 aliphatic heterocycles. The molecule has 19 heavy (non-hydrogen) atoms. The summed E-state index contributed by atoms with van der Waals surface area (Å²) in [5.74, 6) is 6.64. The second-order valence-corrected chi connectivity index (χ2v) is 5.29. The largest absolute Gasteiger partial charge is 0.401 e. The Kier molecular flexibility index (Phi) is 16.2. The van der Waals surface area contributed by atoms with Crippen LogP contribution in [0.5, 0.6) is 0 Å². The third-order valence-corrected chi connectivity index (χ3v) is 2.85. The number of rotatable bonds is 10. The third kappa shape index (κ3) is 17.0. The molecule has 0 heterocycles. The molecule has 0 unspecified atom stereocenters. The first kappa shape index (κ1) is 20.4. The minimum absolute atomic E-state index is 0.792. The summed E-state index contributed by atoms with van der Waals surface area (Å²) in [6, 6.07) is 0. The van der Waals surface area contributed by atoms with Gasteiger partial charge in [-0.1, -0.05) is 46.5 Å². The number of allylic oxidation sites excluding steroid dienone is 1. The Morgan fingerprint density at radius 3 is 2.32 bits per heavy atom. The quantitative estimate of drug-likeness (QED) is 0.271. The van der Waals surface area contributed by atoms with Crippen LogP contribution in [0.15, 0.2) is 25.1 Å². The average molecular weight is 269 g/mol. The van der Waals surface area contributed by atoms with Crippen LogP contribution in [-0.2, 0) is 0 Å². The van der Waals surface area contributed by atoms with Crippen molar-refractivity contribution in [2.75, 3.05) is 6.54 Å². The molecule has 0 rings (SSSR count). The lowest BCUT2D eigenvalue weighted by atomic mass is 10.0. The van der Waals surface area contributed by atoms with E-state index >= 15 is 0 Å². The Morgan fingerprint density at radius 1 is 1.16 bits per heavy atom. The summed E-state index contributed by atoms with van der Waals surface area (Å²) >= 11 is 0. The van der Waals surface area contributed by atoms with E-state index in [1.807, 2.05) is 6.20 Å². The topological polar surface area (TPSA) is 55.3 Å². The molecule has 0 aromatic heterocycles. The molecule has 0 atom stereocenters. The molecule has 0 aromatic carbocycles. The summed E-state index contributed by atoms with van der Waals surface area (Å²) in [7, 11) is 0. The Bertz CT molecular complexity index is 212. The Labute approximate surface area is 120 Å². The molecule has 0 aliphatic carbocycles. The predicted molar refractivity (Wildman–Crippen MR) is 87.2 cm³/mol. The highest BCUT2D eigenvalue weighted by atomic mass is 15.4. The third-order valence-electron chi connectivity index (χ3n) is 2.85. The van der Waals surface area contributed by atoms with Crippen molar-refractivity contribution >= 4 is 0 Å². The first-order chi connectivity index (χ1) is 9.06. The predicted octanol–water partition coefficient (Wildman–Crippen LogP) is 4.17. The van der Waals surface area contributed by atoms with Crippen molar-refractivity contribution in [2.24, 2.45) is 17.5 Å². The zero-order valence-electron chi connectivity index (χ0n) is 13.3. The van der Waals surface area contributed by atoms with Gasteiger partial charge in [-0.15, -0.1) is 13.2 Å². The van der Waals surface area contributed by atoms with Gasteiger partial charge in [-0.05, 0) is 25.2 Å². The van der Waals surface area contributed by atoms with Crippen LogP contribution in [0.25, 0.3) is 0 Å². The van der Waals surface area contributed by atoms with Crippen molar-refractivity contribution in [3.8, 4) is 0 Å². The molecule has 3 heteroatoms. The maximum absolute atomic E-state index is 5.94. The monoisotopic (exact) mass is 269 g/mol. The van der Waals surface area contributed by atoms with Gasteiger partial charge in [0, 0.05) is 18.4 Å². The van der Waals surface area contributed by atoms with Gasteiger partial charge in [0.2, 0.25) is 0 Å². The van der Waals surface area contributed by atoms with Crippen molar-refractivity contribution in [1.82, 2.24) is 5.01 Å². The second kappa shape index (κ2) is 15.1. The molecular weight excluding hydrogens is 234 g/mol. The van der Waals surface area contributed by atoms with Gasteiger partial charge in [-0.25, -0.2) is 5.84 Å². The van der Waals surface area contributed by atoms with Crippen LogP contribution < -0.4 is 11.6 Å². The Hall–Kier alpha value is -0.960. The molecule has 114 valence electrons. The van der Waals surface area contributed by atoms with Crippen LogP contribution in [0.4, 0.5) is 0 Å². The Balaban J connectivity index is 0. The maximum atomic E-state index is 5.94. The van der Waals surface area contributed by atoms with Gasteiger partial charge in [-0.3, -0.25) is 0 Å². The van der Waals surface area contributed by atoms with Gasteiger partial charge in [-0.2, -0.15) is 0 Å². The summed E-state index contributed by atoms with van der Waals surface area (Å²) in [4.78, 5) is 0. The van der Waals surface area contributed by atoms with Crippen LogP contribution in [0.3, 0.4) is 0 Å². The lowest BCUT2D eigenvalue weighted by molar-refractivity contribution is 0.375. The van der Waals surface area contributed by atoms with Crippen LogP contribution in [0.2, 0.25) is 0 Å². The van der Waals surface area contributed by atoms with E-state index in [1.54, 1.807) is 5.01 Å². The molecule has 0 radical (unpaired) electrons.